The van der Waals surface area contributed by atoms with Crippen molar-refractivity contribution in [2.24, 2.45) is 11.8 Å². The van der Waals surface area contributed by atoms with Gasteiger partial charge in [0.1, 0.15) is 12.2 Å². The molecule has 1 aliphatic heterocycles. The maximum absolute atomic E-state index is 12.7. The van der Waals surface area contributed by atoms with E-state index in [9.17, 15) is 4.79 Å². The number of alkyl carbamates (subject to hydrolysis) is 1. The van der Waals surface area contributed by atoms with Crippen LogP contribution in [0.25, 0.3) is 0 Å². The van der Waals surface area contributed by atoms with Crippen molar-refractivity contribution < 1.29 is 27.9 Å². The Morgan fingerprint density at radius 1 is 1.35 bits per heavy atom. The molecule has 2 fully saturated rings. The predicted octanol–water partition coefficient (Wildman–Crippen LogP) is 4.36. The van der Waals surface area contributed by atoms with Gasteiger partial charge in [0.05, 0.1) is 37.1 Å². The summed E-state index contributed by atoms with van der Waals surface area (Å²) >= 11 is 1.29. The lowest BCUT2D eigenvalue weighted by atomic mass is 9.68. The summed E-state index contributed by atoms with van der Waals surface area (Å²) in [5.41, 5.74) is 0.440. The zero-order valence-electron chi connectivity index (χ0n) is 20.4. The first-order valence-corrected chi connectivity index (χ1v) is 12.3. The highest BCUT2D eigenvalue weighted by Crippen LogP contribution is 2.52. The summed E-state index contributed by atoms with van der Waals surface area (Å²) in [5.74, 6) is 0.172. The molecular formula is C23H41NO6S. The van der Waals surface area contributed by atoms with Gasteiger partial charge in [0.15, 0.2) is 0 Å². The van der Waals surface area contributed by atoms with Gasteiger partial charge in [-0.2, -0.15) is 0 Å². The van der Waals surface area contributed by atoms with Gasteiger partial charge in [-0.15, -0.1) is 0 Å². The molecule has 1 amide bonds. The molecule has 180 valence electrons. The van der Waals surface area contributed by atoms with E-state index in [1.807, 2.05) is 20.1 Å². The lowest BCUT2D eigenvalue weighted by molar-refractivity contribution is -0.172. The molecule has 1 heterocycles. The first-order valence-electron chi connectivity index (χ1n) is 11.1. The number of allylic oxidation sites excluding steroid dienone is 1. The second-order valence-electron chi connectivity index (χ2n) is 9.66. The van der Waals surface area contributed by atoms with Crippen LogP contribution < -0.4 is 5.32 Å². The second-order valence-corrected chi connectivity index (χ2v) is 10.2. The molecule has 8 heteroatoms. The Kier molecular flexibility index (Phi) is 9.70. The highest BCUT2D eigenvalue weighted by molar-refractivity contribution is 7.93. The number of methoxy groups -OCH3 is 1. The molecule has 0 bridgehead atoms. The van der Waals surface area contributed by atoms with Crippen molar-refractivity contribution in [2.75, 3.05) is 33.2 Å². The van der Waals surface area contributed by atoms with E-state index < -0.39 is 11.7 Å². The predicted molar refractivity (Wildman–Crippen MR) is 123 cm³/mol. The first-order chi connectivity index (χ1) is 14.6. The molecule has 5 atom stereocenters. The Morgan fingerprint density at radius 2 is 2.03 bits per heavy atom. The molecule has 1 saturated carbocycles. The van der Waals surface area contributed by atoms with Gasteiger partial charge in [-0.3, -0.25) is 0 Å². The number of nitrogens with one attached hydrogen (secondary N) is 1. The highest BCUT2D eigenvalue weighted by atomic mass is 32.2. The minimum atomic E-state index is -0.506. The van der Waals surface area contributed by atoms with Crippen molar-refractivity contribution in [2.45, 2.75) is 83.8 Å². The van der Waals surface area contributed by atoms with E-state index in [2.05, 4.69) is 39.1 Å². The van der Waals surface area contributed by atoms with Gasteiger partial charge in [0.25, 0.3) is 0 Å². The molecule has 0 aromatic heterocycles. The van der Waals surface area contributed by atoms with Gasteiger partial charge in [-0.1, -0.05) is 25.5 Å². The molecular weight excluding hydrogens is 418 g/mol. The zero-order chi connectivity index (χ0) is 23.2. The smallest absolute Gasteiger partial charge is 0.407 e. The number of rotatable bonds is 11. The summed E-state index contributed by atoms with van der Waals surface area (Å²) in [6.07, 6.45) is 4.31. The van der Waals surface area contributed by atoms with Crippen LogP contribution in [0, 0.1) is 11.8 Å². The summed E-state index contributed by atoms with van der Waals surface area (Å²) < 4.78 is 29.4. The topological polar surface area (TPSA) is 78.6 Å². The quantitative estimate of drug-likeness (QED) is 0.279. The Bertz CT molecular complexity index is 615. The largest absolute Gasteiger partial charge is 0.443 e. The molecule has 1 saturated heterocycles. The average Bonchev–Trinajstić information content (AvgIpc) is 3.45. The van der Waals surface area contributed by atoms with Crippen LogP contribution in [0.2, 0.25) is 0 Å². The molecule has 1 N–H and O–H groups in total. The molecule has 0 aromatic rings. The summed E-state index contributed by atoms with van der Waals surface area (Å²) in [4.78, 5) is 12.7. The third kappa shape index (κ3) is 7.09. The highest BCUT2D eigenvalue weighted by Gasteiger charge is 2.64. The number of hydrogen-bond donors (Lipinski definition) is 1. The van der Waals surface area contributed by atoms with Crippen molar-refractivity contribution in [1.82, 2.24) is 5.32 Å². The number of epoxide rings is 1. The standard InChI is InChI=1S/C23H41NO6S/c1-15(2)10-12-27-22(5,6)20-19(26-7)18(9-11-23(20)14-28-23)30-21(25)24-17(16(3)4)13-29-31-8/h10,16-20H,9,11-14H2,1-8H3,(H,24,25)/t17-,18?,19?,20?,23-/m0/s1. The van der Waals surface area contributed by atoms with E-state index in [0.29, 0.717) is 26.2 Å². The molecule has 1 aliphatic carbocycles. The maximum atomic E-state index is 12.7. The lowest BCUT2D eigenvalue weighted by Crippen LogP contribution is -2.59. The van der Waals surface area contributed by atoms with Crippen molar-refractivity contribution >= 4 is 18.1 Å². The number of carbonyl (C=O) groups is 1. The molecule has 0 radical (unpaired) electrons. The van der Waals surface area contributed by atoms with Crippen molar-refractivity contribution in [3.8, 4) is 0 Å². The van der Waals surface area contributed by atoms with Gasteiger partial charge in [-0.05, 0) is 58.5 Å². The summed E-state index contributed by atoms with van der Waals surface area (Å²) in [5, 5.41) is 2.95. The normalized spacial score (nSPS) is 29.0. The summed E-state index contributed by atoms with van der Waals surface area (Å²) in [6, 6.07) is -0.123. The van der Waals surface area contributed by atoms with Gasteiger partial charge < -0.3 is 28.4 Å². The van der Waals surface area contributed by atoms with Gasteiger partial charge in [-0.25, -0.2) is 4.79 Å². The SMILES string of the molecule is COC1C(OC(=O)N[C@@H](COSC)C(C)C)CC[C@]2(CO2)C1C(C)(C)OCC=C(C)C. The number of amides is 1. The van der Waals surface area contributed by atoms with Crippen LogP contribution in [0.15, 0.2) is 11.6 Å². The van der Waals surface area contributed by atoms with E-state index >= 15 is 0 Å². The Hall–Kier alpha value is -0.800. The molecule has 7 nitrogen and oxygen atoms in total. The van der Waals surface area contributed by atoms with Crippen LogP contribution in [0.3, 0.4) is 0 Å². The Morgan fingerprint density at radius 3 is 2.55 bits per heavy atom. The fourth-order valence-corrected chi connectivity index (χ4v) is 4.74. The Balaban J connectivity index is 2.09. The third-order valence-corrected chi connectivity index (χ3v) is 6.70. The van der Waals surface area contributed by atoms with Crippen molar-refractivity contribution in [3.05, 3.63) is 11.6 Å². The minimum Gasteiger partial charge on any atom is -0.443 e. The molecule has 0 aromatic carbocycles. The fraction of sp³-hybridized carbons (Fsp3) is 0.870. The van der Waals surface area contributed by atoms with Crippen molar-refractivity contribution in [1.29, 1.82) is 0 Å². The van der Waals surface area contributed by atoms with Crippen LogP contribution in [0.5, 0.6) is 0 Å². The molecule has 3 unspecified atom stereocenters. The van der Waals surface area contributed by atoms with Crippen LogP contribution in [0.4, 0.5) is 4.79 Å². The fourth-order valence-electron chi connectivity index (χ4n) is 4.46. The maximum Gasteiger partial charge on any atom is 0.407 e. The van der Waals surface area contributed by atoms with E-state index in [-0.39, 0.29) is 35.7 Å². The number of hydrogen-bond acceptors (Lipinski definition) is 7. The van der Waals surface area contributed by atoms with Gasteiger partial charge in [0, 0.05) is 19.3 Å². The second kappa shape index (κ2) is 11.4. The lowest BCUT2D eigenvalue weighted by Gasteiger charge is -2.47. The average molecular weight is 460 g/mol. The van der Waals surface area contributed by atoms with E-state index in [1.54, 1.807) is 7.11 Å². The van der Waals surface area contributed by atoms with E-state index in [1.165, 1.54) is 17.6 Å². The van der Waals surface area contributed by atoms with Gasteiger partial charge >= 0.3 is 6.09 Å². The van der Waals surface area contributed by atoms with Crippen molar-refractivity contribution in [3.63, 3.8) is 0 Å². The van der Waals surface area contributed by atoms with Crippen LogP contribution >= 0.6 is 12.0 Å². The monoisotopic (exact) mass is 459 g/mol. The number of carbonyl (C=O) groups excluding carboxylic acids is 1. The number of ether oxygens (including phenoxy) is 4. The molecule has 2 aliphatic rings. The Labute approximate surface area is 192 Å². The minimum absolute atomic E-state index is 0.0529. The molecule has 2 rings (SSSR count). The zero-order valence-corrected chi connectivity index (χ0v) is 21.2. The summed E-state index contributed by atoms with van der Waals surface area (Å²) in [7, 11) is 1.67. The third-order valence-electron chi connectivity index (χ3n) is 6.33. The van der Waals surface area contributed by atoms with Crippen LogP contribution in [-0.4, -0.2) is 68.7 Å². The molecule has 31 heavy (non-hydrogen) atoms. The van der Waals surface area contributed by atoms with E-state index in [4.69, 9.17) is 23.1 Å². The first kappa shape index (κ1) is 26.5. The van der Waals surface area contributed by atoms with E-state index in [0.717, 1.165) is 6.42 Å². The van der Waals surface area contributed by atoms with Gasteiger partial charge in [0.2, 0.25) is 0 Å². The molecule has 1 spiro atoms. The van der Waals surface area contributed by atoms with Crippen LogP contribution in [-0.2, 0) is 23.1 Å². The summed E-state index contributed by atoms with van der Waals surface area (Å²) in [6.45, 7) is 14.0. The van der Waals surface area contributed by atoms with Crippen LogP contribution in [0.1, 0.15) is 54.4 Å².